The molecule has 0 amide bonds. The molecule has 0 saturated carbocycles. The minimum absolute atomic E-state index is 0.743. The lowest BCUT2D eigenvalue weighted by molar-refractivity contribution is 0.420. The number of rotatable bonds is 5. The van der Waals surface area contributed by atoms with E-state index in [0.717, 1.165) is 18.9 Å². The van der Waals surface area contributed by atoms with E-state index in [1.165, 1.54) is 0 Å². The predicted octanol–water partition coefficient (Wildman–Crippen LogP) is 1.13. The zero-order chi connectivity index (χ0) is 8.69. The minimum Gasteiger partial charge on any atom is -0.302 e. The SMILES string of the molecule is CNN(C)C=NCCC(C)C. The molecule has 0 aromatic heterocycles. The normalized spacial score (nSPS) is 11.4. The Labute approximate surface area is 69.5 Å². The van der Waals surface area contributed by atoms with Gasteiger partial charge in [0.05, 0.1) is 6.34 Å². The number of hydrogen-bond donors (Lipinski definition) is 1. The van der Waals surface area contributed by atoms with Crippen LogP contribution in [0.15, 0.2) is 4.99 Å². The molecular weight excluding hydrogens is 138 g/mol. The number of hydrazine groups is 1. The Hall–Kier alpha value is -0.570. The van der Waals surface area contributed by atoms with Crippen molar-refractivity contribution in [2.24, 2.45) is 10.9 Å². The van der Waals surface area contributed by atoms with Crippen LogP contribution in [-0.4, -0.2) is 32.0 Å². The Morgan fingerprint density at radius 1 is 1.55 bits per heavy atom. The smallest absolute Gasteiger partial charge is 0.0989 e. The van der Waals surface area contributed by atoms with E-state index >= 15 is 0 Å². The molecule has 0 heterocycles. The summed E-state index contributed by atoms with van der Waals surface area (Å²) in [6.45, 7) is 5.33. The largest absolute Gasteiger partial charge is 0.302 e. The number of hydrogen-bond acceptors (Lipinski definition) is 2. The third kappa shape index (κ3) is 7.33. The highest BCUT2D eigenvalue weighted by Gasteiger charge is 1.90. The van der Waals surface area contributed by atoms with Crippen molar-refractivity contribution in [2.45, 2.75) is 20.3 Å². The first-order valence-electron chi connectivity index (χ1n) is 4.07. The molecule has 1 N–H and O–H groups in total. The second-order valence-corrected chi connectivity index (χ2v) is 3.04. The Balaban J connectivity index is 3.29. The second-order valence-electron chi connectivity index (χ2n) is 3.04. The van der Waals surface area contributed by atoms with E-state index in [9.17, 15) is 0 Å². The van der Waals surface area contributed by atoms with Crippen molar-refractivity contribution in [3.8, 4) is 0 Å². The summed E-state index contributed by atoms with van der Waals surface area (Å²) in [6.07, 6.45) is 2.97. The van der Waals surface area contributed by atoms with Crippen molar-refractivity contribution in [2.75, 3.05) is 20.6 Å². The fourth-order valence-corrected chi connectivity index (χ4v) is 0.571. The molecule has 0 radical (unpaired) electrons. The molecule has 11 heavy (non-hydrogen) atoms. The van der Waals surface area contributed by atoms with Gasteiger partial charge in [-0.1, -0.05) is 13.8 Å². The van der Waals surface area contributed by atoms with Crippen LogP contribution in [0.4, 0.5) is 0 Å². The van der Waals surface area contributed by atoms with Crippen LogP contribution in [0.5, 0.6) is 0 Å². The molecule has 3 nitrogen and oxygen atoms in total. The fourth-order valence-electron chi connectivity index (χ4n) is 0.571. The standard InChI is InChI=1S/C8H19N3/c1-8(2)5-6-10-7-11(4)9-3/h7-9H,5-6H2,1-4H3. The molecule has 0 unspecified atom stereocenters. The predicted molar refractivity (Wildman–Crippen MR) is 49.6 cm³/mol. The van der Waals surface area contributed by atoms with Gasteiger partial charge in [0.25, 0.3) is 0 Å². The van der Waals surface area contributed by atoms with Gasteiger partial charge in [0.1, 0.15) is 0 Å². The summed E-state index contributed by atoms with van der Waals surface area (Å²) in [6, 6.07) is 0. The summed E-state index contributed by atoms with van der Waals surface area (Å²) in [7, 11) is 3.80. The van der Waals surface area contributed by atoms with Crippen LogP contribution in [-0.2, 0) is 0 Å². The molecule has 3 heteroatoms. The summed E-state index contributed by atoms with van der Waals surface area (Å²) in [4.78, 5) is 4.22. The van der Waals surface area contributed by atoms with E-state index in [1.807, 2.05) is 25.4 Å². The summed E-state index contributed by atoms with van der Waals surface area (Å²) in [5.74, 6) is 0.743. The van der Waals surface area contributed by atoms with Gasteiger partial charge >= 0.3 is 0 Å². The second kappa shape index (κ2) is 6.16. The van der Waals surface area contributed by atoms with Gasteiger partial charge in [-0.25, -0.2) is 5.43 Å². The monoisotopic (exact) mass is 157 g/mol. The molecule has 0 rings (SSSR count). The first-order valence-corrected chi connectivity index (χ1v) is 4.07. The Kier molecular flexibility index (Phi) is 5.84. The van der Waals surface area contributed by atoms with Crippen molar-refractivity contribution >= 4 is 6.34 Å². The van der Waals surface area contributed by atoms with Crippen molar-refractivity contribution in [3.05, 3.63) is 0 Å². The van der Waals surface area contributed by atoms with Gasteiger partial charge in [-0.15, -0.1) is 0 Å². The summed E-state index contributed by atoms with van der Waals surface area (Å²) < 4.78 is 0. The van der Waals surface area contributed by atoms with Crippen molar-refractivity contribution < 1.29 is 0 Å². The molecule has 0 atom stereocenters. The lowest BCUT2D eigenvalue weighted by Crippen LogP contribution is -2.29. The highest BCUT2D eigenvalue weighted by atomic mass is 15.5. The molecule has 66 valence electrons. The maximum absolute atomic E-state index is 4.22. The van der Waals surface area contributed by atoms with Crippen LogP contribution in [0.25, 0.3) is 0 Å². The topological polar surface area (TPSA) is 27.6 Å². The zero-order valence-corrected chi connectivity index (χ0v) is 7.96. The quantitative estimate of drug-likeness (QED) is 0.368. The molecule has 0 aliphatic rings. The third-order valence-electron chi connectivity index (χ3n) is 1.44. The average Bonchev–Trinajstić information content (AvgIpc) is 1.97. The first kappa shape index (κ1) is 10.4. The number of nitrogens with zero attached hydrogens (tertiary/aromatic N) is 2. The summed E-state index contributed by atoms with van der Waals surface area (Å²) >= 11 is 0. The summed E-state index contributed by atoms with van der Waals surface area (Å²) in [5, 5.41) is 1.83. The Bertz CT molecular complexity index is 110. The van der Waals surface area contributed by atoms with Crippen LogP contribution in [0.1, 0.15) is 20.3 Å². The minimum atomic E-state index is 0.743. The van der Waals surface area contributed by atoms with E-state index in [4.69, 9.17) is 0 Å². The van der Waals surface area contributed by atoms with E-state index in [2.05, 4.69) is 24.3 Å². The van der Waals surface area contributed by atoms with E-state index in [-0.39, 0.29) is 0 Å². The molecule has 0 aromatic rings. The fraction of sp³-hybridized carbons (Fsp3) is 0.875. The van der Waals surface area contributed by atoms with Gasteiger partial charge < -0.3 is 5.01 Å². The Morgan fingerprint density at radius 2 is 2.18 bits per heavy atom. The van der Waals surface area contributed by atoms with Crippen LogP contribution in [0.3, 0.4) is 0 Å². The zero-order valence-electron chi connectivity index (χ0n) is 7.96. The van der Waals surface area contributed by atoms with Crippen molar-refractivity contribution in [1.29, 1.82) is 0 Å². The molecule has 0 aromatic carbocycles. The molecular formula is C8H19N3. The highest BCUT2D eigenvalue weighted by molar-refractivity contribution is 5.53. The summed E-state index contributed by atoms with van der Waals surface area (Å²) in [5.41, 5.74) is 2.94. The van der Waals surface area contributed by atoms with Crippen LogP contribution < -0.4 is 5.43 Å². The Morgan fingerprint density at radius 3 is 2.64 bits per heavy atom. The third-order valence-corrected chi connectivity index (χ3v) is 1.44. The van der Waals surface area contributed by atoms with Gasteiger partial charge in [0.2, 0.25) is 0 Å². The van der Waals surface area contributed by atoms with E-state index < -0.39 is 0 Å². The van der Waals surface area contributed by atoms with Crippen LogP contribution >= 0.6 is 0 Å². The molecule has 0 fully saturated rings. The number of aliphatic imine (C=N–C) groups is 1. The van der Waals surface area contributed by atoms with Gasteiger partial charge in [-0.2, -0.15) is 0 Å². The highest BCUT2D eigenvalue weighted by Crippen LogP contribution is 1.97. The maximum atomic E-state index is 4.22. The van der Waals surface area contributed by atoms with Crippen LogP contribution in [0.2, 0.25) is 0 Å². The molecule has 0 bridgehead atoms. The number of nitrogens with one attached hydrogen (secondary N) is 1. The van der Waals surface area contributed by atoms with Crippen molar-refractivity contribution in [3.63, 3.8) is 0 Å². The molecule has 0 spiro atoms. The molecule has 0 saturated heterocycles. The van der Waals surface area contributed by atoms with E-state index in [0.29, 0.717) is 0 Å². The molecule has 0 aliphatic heterocycles. The first-order chi connectivity index (χ1) is 5.16. The lowest BCUT2D eigenvalue weighted by Gasteiger charge is -2.09. The van der Waals surface area contributed by atoms with Gasteiger partial charge in [0.15, 0.2) is 0 Å². The van der Waals surface area contributed by atoms with Gasteiger partial charge in [-0.3, -0.25) is 4.99 Å². The van der Waals surface area contributed by atoms with Crippen LogP contribution in [0, 0.1) is 5.92 Å². The lowest BCUT2D eigenvalue weighted by atomic mass is 10.1. The van der Waals surface area contributed by atoms with E-state index in [1.54, 1.807) is 0 Å². The average molecular weight is 157 g/mol. The van der Waals surface area contributed by atoms with Crippen molar-refractivity contribution in [1.82, 2.24) is 10.4 Å². The van der Waals surface area contributed by atoms with Gasteiger partial charge in [0, 0.05) is 20.6 Å². The maximum Gasteiger partial charge on any atom is 0.0989 e. The molecule has 0 aliphatic carbocycles. The van der Waals surface area contributed by atoms with Gasteiger partial charge in [-0.05, 0) is 12.3 Å².